The number of rotatable bonds is 4. The van der Waals surface area contributed by atoms with Crippen LogP contribution in [-0.4, -0.2) is 48.6 Å². The first-order valence-corrected chi connectivity index (χ1v) is 6.26. The molecule has 18 heavy (non-hydrogen) atoms. The molecule has 0 aromatic carbocycles. The van der Waals surface area contributed by atoms with Crippen LogP contribution in [0.3, 0.4) is 0 Å². The smallest absolute Gasteiger partial charge is 0.270 e. The third-order valence-corrected chi connectivity index (χ3v) is 3.25. The average Bonchev–Trinajstić information content (AvgIpc) is 2.86. The van der Waals surface area contributed by atoms with Crippen LogP contribution in [0.1, 0.15) is 23.8 Å². The molecule has 2 heterocycles. The zero-order valence-electron chi connectivity index (χ0n) is 10.8. The van der Waals surface area contributed by atoms with Gasteiger partial charge in [-0.25, -0.2) is 0 Å². The summed E-state index contributed by atoms with van der Waals surface area (Å²) in [5, 5.41) is 3.01. The number of nitrogens with zero attached hydrogens (tertiary/aromatic N) is 2. The second kappa shape index (κ2) is 5.82. The first kappa shape index (κ1) is 12.8. The van der Waals surface area contributed by atoms with Crippen LogP contribution in [0, 0.1) is 0 Å². The van der Waals surface area contributed by atoms with E-state index in [2.05, 4.69) is 22.1 Å². The summed E-state index contributed by atoms with van der Waals surface area (Å²) in [6.07, 6.45) is 2.59. The van der Waals surface area contributed by atoms with Gasteiger partial charge in [-0.2, -0.15) is 0 Å². The first-order chi connectivity index (χ1) is 8.72. The Hall–Kier alpha value is -1.62. The molecular formula is C13H19N3O2. The number of pyridine rings is 1. The molecule has 0 radical (unpaired) electrons. The van der Waals surface area contributed by atoms with Gasteiger partial charge in [-0.15, -0.1) is 0 Å². The van der Waals surface area contributed by atoms with Gasteiger partial charge in [0.25, 0.3) is 5.91 Å². The summed E-state index contributed by atoms with van der Waals surface area (Å²) in [6, 6.07) is 3.61. The van der Waals surface area contributed by atoms with Gasteiger partial charge in [0.2, 0.25) is 0 Å². The molecule has 98 valence electrons. The van der Waals surface area contributed by atoms with Crippen LogP contribution in [0.25, 0.3) is 0 Å². The second-order valence-corrected chi connectivity index (χ2v) is 4.43. The van der Waals surface area contributed by atoms with Crippen LogP contribution in [0.5, 0.6) is 5.75 Å². The number of hydrogen-bond acceptors (Lipinski definition) is 4. The zero-order valence-corrected chi connectivity index (χ0v) is 10.8. The van der Waals surface area contributed by atoms with Crippen molar-refractivity contribution in [3.63, 3.8) is 0 Å². The van der Waals surface area contributed by atoms with Crippen molar-refractivity contribution in [2.75, 3.05) is 26.7 Å². The number of aromatic nitrogens is 1. The number of likely N-dealkylation sites (N-methyl/N-ethyl adjacent to an activating group) is 1. The molecule has 1 fully saturated rings. The van der Waals surface area contributed by atoms with Crippen LogP contribution >= 0.6 is 0 Å². The maximum Gasteiger partial charge on any atom is 0.270 e. The fraction of sp³-hybridized carbons (Fsp3) is 0.538. The van der Waals surface area contributed by atoms with Crippen molar-refractivity contribution in [1.29, 1.82) is 0 Å². The number of ether oxygens (including phenoxy) is 1. The minimum Gasteiger partial charge on any atom is -0.497 e. The van der Waals surface area contributed by atoms with Crippen molar-refractivity contribution in [2.24, 2.45) is 0 Å². The Labute approximate surface area is 107 Å². The van der Waals surface area contributed by atoms with Crippen molar-refractivity contribution >= 4 is 5.91 Å². The highest BCUT2D eigenvalue weighted by Gasteiger charge is 2.23. The summed E-state index contributed by atoms with van der Waals surface area (Å²) in [4.78, 5) is 18.4. The Kier molecular flexibility index (Phi) is 4.15. The summed E-state index contributed by atoms with van der Waals surface area (Å²) in [6.45, 7) is 5.14. The summed E-state index contributed by atoms with van der Waals surface area (Å²) in [5.74, 6) is 0.522. The molecule has 1 aromatic rings. The molecule has 0 bridgehead atoms. The molecule has 1 aliphatic heterocycles. The van der Waals surface area contributed by atoms with Crippen molar-refractivity contribution in [3.05, 3.63) is 24.0 Å². The van der Waals surface area contributed by atoms with Crippen molar-refractivity contribution in [2.45, 2.75) is 19.4 Å². The Bertz CT molecular complexity index is 422. The molecule has 1 aromatic heterocycles. The molecule has 1 amide bonds. The van der Waals surface area contributed by atoms with Gasteiger partial charge in [0.05, 0.1) is 7.11 Å². The zero-order chi connectivity index (χ0) is 13.0. The number of carbonyl (C=O) groups excluding carboxylic acids is 1. The van der Waals surface area contributed by atoms with E-state index >= 15 is 0 Å². The van der Waals surface area contributed by atoms with E-state index in [1.165, 1.54) is 0 Å². The molecule has 0 unspecified atom stereocenters. The molecule has 2 rings (SSSR count). The van der Waals surface area contributed by atoms with Gasteiger partial charge in [-0.05, 0) is 19.0 Å². The van der Waals surface area contributed by atoms with Crippen LogP contribution < -0.4 is 10.1 Å². The molecule has 5 nitrogen and oxygen atoms in total. The second-order valence-electron chi connectivity index (χ2n) is 4.43. The lowest BCUT2D eigenvalue weighted by molar-refractivity contribution is 0.0932. The summed E-state index contributed by atoms with van der Waals surface area (Å²) < 4.78 is 5.08. The molecular weight excluding hydrogens is 230 g/mol. The third-order valence-electron chi connectivity index (χ3n) is 3.25. The van der Waals surface area contributed by atoms with Gasteiger partial charge in [0.15, 0.2) is 0 Å². The Morgan fingerprint density at radius 1 is 1.67 bits per heavy atom. The molecule has 5 heteroatoms. The largest absolute Gasteiger partial charge is 0.497 e. The predicted octanol–water partition coefficient (Wildman–Crippen LogP) is 0.914. The van der Waals surface area contributed by atoms with E-state index in [4.69, 9.17) is 4.74 Å². The SMILES string of the molecule is CCN1CC[C@@H](NC(=O)c2cc(OC)ccn2)C1. The monoisotopic (exact) mass is 249 g/mol. The highest BCUT2D eigenvalue weighted by atomic mass is 16.5. The third kappa shape index (κ3) is 2.98. The topological polar surface area (TPSA) is 54.5 Å². The first-order valence-electron chi connectivity index (χ1n) is 6.26. The highest BCUT2D eigenvalue weighted by molar-refractivity contribution is 5.92. The normalized spacial score (nSPS) is 19.8. The lowest BCUT2D eigenvalue weighted by atomic mass is 10.2. The standard InChI is InChI=1S/C13H19N3O2/c1-3-16-7-5-10(9-16)15-13(17)12-8-11(18-2)4-6-14-12/h4,6,8,10H,3,5,7,9H2,1-2H3,(H,15,17)/t10-/m1/s1. The summed E-state index contributed by atoms with van der Waals surface area (Å²) in [7, 11) is 1.58. The van der Waals surface area contributed by atoms with E-state index in [9.17, 15) is 4.79 Å². The number of methoxy groups -OCH3 is 1. The predicted molar refractivity (Wildman–Crippen MR) is 68.8 cm³/mol. The highest BCUT2D eigenvalue weighted by Crippen LogP contribution is 2.12. The molecule has 1 saturated heterocycles. The lowest BCUT2D eigenvalue weighted by Crippen LogP contribution is -2.37. The van der Waals surface area contributed by atoms with E-state index in [0.29, 0.717) is 11.4 Å². The average molecular weight is 249 g/mol. The van der Waals surface area contributed by atoms with Gasteiger partial charge >= 0.3 is 0 Å². The molecule has 1 atom stereocenters. The number of hydrogen-bond donors (Lipinski definition) is 1. The van der Waals surface area contributed by atoms with Crippen LogP contribution in [0.4, 0.5) is 0 Å². The lowest BCUT2D eigenvalue weighted by Gasteiger charge is -2.14. The number of likely N-dealkylation sites (tertiary alicyclic amines) is 1. The van der Waals surface area contributed by atoms with Crippen molar-refractivity contribution < 1.29 is 9.53 Å². The van der Waals surface area contributed by atoms with Gasteiger partial charge in [0, 0.05) is 31.4 Å². The van der Waals surface area contributed by atoms with E-state index in [0.717, 1.165) is 26.1 Å². The Morgan fingerprint density at radius 2 is 2.50 bits per heavy atom. The minimum absolute atomic E-state index is 0.128. The Morgan fingerprint density at radius 3 is 3.17 bits per heavy atom. The van der Waals surface area contributed by atoms with Crippen LogP contribution in [-0.2, 0) is 0 Å². The molecule has 0 saturated carbocycles. The van der Waals surface area contributed by atoms with Crippen LogP contribution in [0.15, 0.2) is 18.3 Å². The molecule has 1 aliphatic rings. The number of carbonyl (C=O) groups is 1. The van der Waals surface area contributed by atoms with Gasteiger partial charge in [0.1, 0.15) is 11.4 Å². The van der Waals surface area contributed by atoms with Gasteiger partial charge in [-0.1, -0.05) is 6.92 Å². The number of nitrogens with one attached hydrogen (secondary N) is 1. The molecule has 0 aliphatic carbocycles. The fourth-order valence-electron chi connectivity index (χ4n) is 2.16. The van der Waals surface area contributed by atoms with Crippen molar-refractivity contribution in [1.82, 2.24) is 15.2 Å². The minimum atomic E-state index is -0.128. The van der Waals surface area contributed by atoms with E-state index < -0.39 is 0 Å². The van der Waals surface area contributed by atoms with Crippen LogP contribution in [0.2, 0.25) is 0 Å². The van der Waals surface area contributed by atoms with E-state index in [1.807, 2.05) is 0 Å². The van der Waals surface area contributed by atoms with Gasteiger partial charge in [-0.3, -0.25) is 9.78 Å². The Balaban J connectivity index is 1.95. The maximum absolute atomic E-state index is 12.0. The molecule has 0 spiro atoms. The van der Waals surface area contributed by atoms with E-state index in [-0.39, 0.29) is 11.9 Å². The quantitative estimate of drug-likeness (QED) is 0.862. The van der Waals surface area contributed by atoms with Gasteiger partial charge < -0.3 is 15.0 Å². The maximum atomic E-state index is 12.0. The summed E-state index contributed by atoms with van der Waals surface area (Å²) >= 11 is 0. The molecule has 1 N–H and O–H groups in total. The number of amides is 1. The van der Waals surface area contributed by atoms with Crippen molar-refractivity contribution in [3.8, 4) is 5.75 Å². The fourth-order valence-corrected chi connectivity index (χ4v) is 2.16. The summed E-state index contributed by atoms with van der Waals surface area (Å²) in [5.41, 5.74) is 0.407. The van der Waals surface area contributed by atoms with E-state index in [1.54, 1.807) is 25.4 Å².